The SMILES string of the molecule is CCOC(=O)c1[nH]c(C(=O)Nc2cccc([N+](=O)[O-])c2)c(C(=O)OCC)c1C. The van der Waals surface area contributed by atoms with E-state index in [0.29, 0.717) is 0 Å². The summed E-state index contributed by atoms with van der Waals surface area (Å²) in [6, 6.07) is 5.31. The number of ether oxygens (including phenoxy) is 2. The lowest BCUT2D eigenvalue weighted by Gasteiger charge is -2.07. The summed E-state index contributed by atoms with van der Waals surface area (Å²) in [5.74, 6) is -2.27. The summed E-state index contributed by atoms with van der Waals surface area (Å²) >= 11 is 0. The van der Waals surface area contributed by atoms with Crippen LogP contribution in [-0.2, 0) is 9.47 Å². The molecule has 0 aliphatic rings. The first-order chi connectivity index (χ1) is 13.3. The third-order valence-electron chi connectivity index (χ3n) is 3.75. The first-order valence-electron chi connectivity index (χ1n) is 8.42. The van der Waals surface area contributed by atoms with Gasteiger partial charge in [0.05, 0.1) is 23.7 Å². The number of hydrogen-bond acceptors (Lipinski definition) is 7. The fraction of sp³-hybridized carbons (Fsp3) is 0.278. The molecular weight excluding hydrogens is 370 g/mol. The number of esters is 2. The molecule has 0 fully saturated rings. The highest BCUT2D eigenvalue weighted by Crippen LogP contribution is 2.23. The molecule has 0 aliphatic carbocycles. The molecule has 2 rings (SSSR count). The van der Waals surface area contributed by atoms with Gasteiger partial charge >= 0.3 is 11.9 Å². The van der Waals surface area contributed by atoms with E-state index in [2.05, 4.69) is 10.3 Å². The minimum atomic E-state index is -0.781. The van der Waals surface area contributed by atoms with E-state index in [1.165, 1.54) is 31.2 Å². The number of non-ortho nitro benzene ring substituents is 1. The summed E-state index contributed by atoms with van der Waals surface area (Å²) in [6.45, 7) is 4.90. The predicted octanol–water partition coefficient (Wildman–Crippen LogP) is 2.84. The average molecular weight is 389 g/mol. The summed E-state index contributed by atoms with van der Waals surface area (Å²) < 4.78 is 9.90. The van der Waals surface area contributed by atoms with Crippen molar-refractivity contribution in [2.24, 2.45) is 0 Å². The average Bonchev–Trinajstić information content (AvgIpc) is 3.00. The smallest absolute Gasteiger partial charge is 0.355 e. The van der Waals surface area contributed by atoms with Crippen LogP contribution in [0.25, 0.3) is 0 Å². The lowest BCUT2D eigenvalue weighted by molar-refractivity contribution is -0.384. The summed E-state index contributed by atoms with van der Waals surface area (Å²) in [6.07, 6.45) is 0. The van der Waals surface area contributed by atoms with Crippen molar-refractivity contribution in [1.29, 1.82) is 0 Å². The van der Waals surface area contributed by atoms with Gasteiger partial charge in [0, 0.05) is 17.8 Å². The van der Waals surface area contributed by atoms with E-state index in [0.717, 1.165) is 0 Å². The highest BCUT2D eigenvalue weighted by Gasteiger charge is 2.29. The van der Waals surface area contributed by atoms with E-state index < -0.39 is 22.8 Å². The summed E-state index contributed by atoms with van der Waals surface area (Å²) in [5, 5.41) is 13.4. The molecule has 2 N–H and O–H groups in total. The molecule has 0 saturated heterocycles. The van der Waals surface area contributed by atoms with Crippen molar-refractivity contribution in [3.05, 3.63) is 56.9 Å². The third kappa shape index (κ3) is 4.34. The first-order valence-corrected chi connectivity index (χ1v) is 8.42. The fourth-order valence-electron chi connectivity index (χ4n) is 2.52. The number of nitro benzene ring substituents is 1. The fourth-order valence-corrected chi connectivity index (χ4v) is 2.52. The molecule has 1 heterocycles. The van der Waals surface area contributed by atoms with Crippen molar-refractivity contribution in [1.82, 2.24) is 4.98 Å². The molecule has 148 valence electrons. The number of amides is 1. The maximum absolute atomic E-state index is 12.7. The Hall–Kier alpha value is -3.69. The number of nitrogens with zero attached hydrogens (tertiary/aromatic N) is 1. The van der Waals surface area contributed by atoms with Gasteiger partial charge in [0.1, 0.15) is 11.4 Å². The van der Waals surface area contributed by atoms with Gasteiger partial charge < -0.3 is 19.8 Å². The summed E-state index contributed by atoms with van der Waals surface area (Å²) in [5.41, 5.74) is -0.203. The molecule has 1 aromatic carbocycles. The van der Waals surface area contributed by atoms with E-state index in [-0.39, 0.29) is 47.1 Å². The van der Waals surface area contributed by atoms with Crippen molar-refractivity contribution >= 4 is 29.2 Å². The maximum Gasteiger partial charge on any atom is 0.355 e. The molecule has 0 radical (unpaired) electrons. The van der Waals surface area contributed by atoms with Crippen LogP contribution in [0.5, 0.6) is 0 Å². The number of benzene rings is 1. The molecule has 2 aromatic rings. The lowest BCUT2D eigenvalue weighted by Crippen LogP contribution is -2.18. The molecule has 0 bridgehead atoms. The van der Waals surface area contributed by atoms with E-state index in [9.17, 15) is 24.5 Å². The van der Waals surface area contributed by atoms with Crippen LogP contribution in [0.1, 0.15) is 50.7 Å². The van der Waals surface area contributed by atoms with Gasteiger partial charge in [-0.1, -0.05) is 6.07 Å². The van der Waals surface area contributed by atoms with Crippen LogP contribution in [0.4, 0.5) is 11.4 Å². The van der Waals surface area contributed by atoms with Crippen LogP contribution < -0.4 is 5.32 Å². The lowest BCUT2D eigenvalue weighted by atomic mass is 10.1. The van der Waals surface area contributed by atoms with Crippen molar-refractivity contribution in [3.63, 3.8) is 0 Å². The summed E-state index contributed by atoms with van der Waals surface area (Å²) in [4.78, 5) is 50.0. The maximum atomic E-state index is 12.7. The number of aromatic amines is 1. The molecule has 0 spiro atoms. The van der Waals surface area contributed by atoms with E-state index in [4.69, 9.17) is 9.47 Å². The van der Waals surface area contributed by atoms with Crippen molar-refractivity contribution < 1.29 is 28.8 Å². The number of anilines is 1. The van der Waals surface area contributed by atoms with Gasteiger partial charge in [0.25, 0.3) is 11.6 Å². The normalized spacial score (nSPS) is 10.2. The Bertz CT molecular complexity index is 933. The van der Waals surface area contributed by atoms with Crippen LogP contribution in [0, 0.1) is 17.0 Å². The predicted molar refractivity (Wildman–Crippen MR) is 98.5 cm³/mol. The monoisotopic (exact) mass is 389 g/mol. The number of H-pyrrole nitrogens is 1. The molecule has 28 heavy (non-hydrogen) atoms. The molecule has 0 aliphatic heterocycles. The zero-order valence-electron chi connectivity index (χ0n) is 15.5. The Balaban J connectivity index is 2.44. The van der Waals surface area contributed by atoms with Gasteiger partial charge in [-0.15, -0.1) is 0 Å². The molecular formula is C18H19N3O7. The van der Waals surface area contributed by atoms with Gasteiger partial charge in [-0.05, 0) is 32.4 Å². The van der Waals surface area contributed by atoms with Gasteiger partial charge in [-0.25, -0.2) is 9.59 Å². The molecule has 1 aromatic heterocycles. The minimum Gasteiger partial charge on any atom is -0.462 e. The van der Waals surface area contributed by atoms with Crippen LogP contribution in [0.3, 0.4) is 0 Å². The number of aromatic nitrogens is 1. The molecule has 10 heteroatoms. The topological polar surface area (TPSA) is 141 Å². The highest BCUT2D eigenvalue weighted by atomic mass is 16.6. The molecule has 1 amide bonds. The Morgan fingerprint density at radius 2 is 1.75 bits per heavy atom. The first kappa shape index (κ1) is 20.6. The third-order valence-corrected chi connectivity index (χ3v) is 3.75. The molecule has 10 nitrogen and oxygen atoms in total. The van der Waals surface area contributed by atoms with Crippen molar-refractivity contribution in [2.75, 3.05) is 18.5 Å². The van der Waals surface area contributed by atoms with Crippen molar-refractivity contribution in [2.45, 2.75) is 20.8 Å². The second-order valence-electron chi connectivity index (χ2n) is 5.58. The van der Waals surface area contributed by atoms with E-state index >= 15 is 0 Å². The largest absolute Gasteiger partial charge is 0.462 e. The highest BCUT2D eigenvalue weighted by molar-refractivity contribution is 6.12. The number of carbonyl (C=O) groups is 3. The van der Waals surface area contributed by atoms with Gasteiger partial charge in [-0.3, -0.25) is 14.9 Å². The number of carbonyl (C=O) groups excluding carboxylic acids is 3. The zero-order valence-corrected chi connectivity index (χ0v) is 15.5. The standard InChI is InChI=1S/C18H19N3O7/c1-4-27-17(23)13-10(3)14(18(24)28-5-2)20-15(13)16(22)19-11-7-6-8-12(9-11)21(25)26/h6-9,20H,4-5H2,1-3H3,(H,19,22). The number of hydrogen-bond donors (Lipinski definition) is 2. The Morgan fingerprint density at radius 3 is 2.36 bits per heavy atom. The second kappa shape index (κ2) is 8.80. The molecule has 0 unspecified atom stereocenters. The van der Waals surface area contributed by atoms with Crippen LogP contribution in [-0.4, -0.2) is 41.0 Å². The van der Waals surface area contributed by atoms with E-state index in [1.807, 2.05) is 0 Å². The number of rotatable bonds is 7. The van der Waals surface area contributed by atoms with Crippen LogP contribution in [0.2, 0.25) is 0 Å². The zero-order chi connectivity index (χ0) is 20.8. The number of nitrogens with one attached hydrogen (secondary N) is 2. The van der Waals surface area contributed by atoms with Gasteiger partial charge in [0.2, 0.25) is 0 Å². The molecule has 0 saturated carbocycles. The van der Waals surface area contributed by atoms with Crippen LogP contribution >= 0.6 is 0 Å². The minimum absolute atomic E-state index is 0.0471. The van der Waals surface area contributed by atoms with Gasteiger partial charge in [-0.2, -0.15) is 0 Å². The van der Waals surface area contributed by atoms with Crippen LogP contribution in [0.15, 0.2) is 24.3 Å². The van der Waals surface area contributed by atoms with Crippen molar-refractivity contribution in [3.8, 4) is 0 Å². The van der Waals surface area contributed by atoms with E-state index in [1.54, 1.807) is 13.8 Å². The molecule has 0 atom stereocenters. The summed E-state index contributed by atoms with van der Waals surface area (Å²) in [7, 11) is 0. The number of nitro groups is 1. The Morgan fingerprint density at radius 1 is 1.11 bits per heavy atom. The second-order valence-corrected chi connectivity index (χ2v) is 5.58. The Labute approximate surface area is 160 Å². The Kier molecular flexibility index (Phi) is 6.48. The quantitative estimate of drug-likeness (QED) is 0.421. The van der Waals surface area contributed by atoms with Gasteiger partial charge in [0.15, 0.2) is 0 Å².